The second-order valence-corrected chi connectivity index (χ2v) is 14.0. The normalized spacial score (nSPS) is 15.4. The molecule has 4 rings (SSSR count). The first kappa shape index (κ1) is 31.5. The maximum Gasteiger partial charge on any atom is 0.341 e. The standard InChI is InChI=1S/C26H30N4O9S3/c1-4-39-25(33)23-17-7-5-15(2)11-19(17)40-24(23)27-21(31)13-42(36,37)14-22(32)28-26-29(9-10-38-3)18-8-6-16(30(34)35)12-20(18)41-26/h6,8,12,15H,4-5,7,9-11,13-14H2,1-3H3,(H,27,31). The number of thiophene rings is 1. The summed E-state index contributed by atoms with van der Waals surface area (Å²) in [5.74, 6) is -4.06. The molecule has 13 nitrogen and oxygen atoms in total. The zero-order valence-corrected chi connectivity index (χ0v) is 25.7. The van der Waals surface area contributed by atoms with Gasteiger partial charge in [-0.05, 0) is 43.7 Å². The fraction of sp³-hybridized carbons (Fsp3) is 0.462. The number of anilines is 1. The smallest absolute Gasteiger partial charge is 0.341 e. The van der Waals surface area contributed by atoms with Crippen molar-refractivity contribution in [2.24, 2.45) is 10.9 Å². The predicted octanol–water partition coefficient (Wildman–Crippen LogP) is 3.10. The minimum Gasteiger partial charge on any atom is -0.462 e. The van der Waals surface area contributed by atoms with Gasteiger partial charge >= 0.3 is 5.97 Å². The molecule has 1 unspecified atom stereocenters. The van der Waals surface area contributed by atoms with Gasteiger partial charge in [0.2, 0.25) is 5.91 Å². The number of benzene rings is 1. The van der Waals surface area contributed by atoms with Crippen molar-refractivity contribution in [3.05, 3.63) is 49.1 Å². The van der Waals surface area contributed by atoms with Gasteiger partial charge < -0.3 is 19.4 Å². The van der Waals surface area contributed by atoms with E-state index in [9.17, 15) is 32.9 Å². The summed E-state index contributed by atoms with van der Waals surface area (Å²) in [7, 11) is -2.75. The summed E-state index contributed by atoms with van der Waals surface area (Å²) in [5, 5.41) is 14.0. The number of carbonyl (C=O) groups excluding carboxylic acids is 3. The number of nitrogens with one attached hydrogen (secondary N) is 1. The van der Waals surface area contributed by atoms with Crippen LogP contribution in [0.25, 0.3) is 10.2 Å². The first-order valence-electron chi connectivity index (χ1n) is 13.1. The van der Waals surface area contributed by atoms with Gasteiger partial charge in [-0.25, -0.2) is 13.2 Å². The summed E-state index contributed by atoms with van der Waals surface area (Å²) in [6.45, 7) is 4.44. The molecule has 3 aromatic rings. The van der Waals surface area contributed by atoms with Crippen LogP contribution in [0.5, 0.6) is 0 Å². The number of amides is 2. The van der Waals surface area contributed by atoms with Crippen LogP contribution in [0.3, 0.4) is 0 Å². The number of nitro groups is 1. The van der Waals surface area contributed by atoms with Crippen LogP contribution >= 0.6 is 22.7 Å². The van der Waals surface area contributed by atoms with Gasteiger partial charge in [0.15, 0.2) is 14.6 Å². The van der Waals surface area contributed by atoms with Crippen LogP contribution in [0.2, 0.25) is 0 Å². The number of thiazole rings is 1. The molecule has 42 heavy (non-hydrogen) atoms. The van der Waals surface area contributed by atoms with Gasteiger partial charge in [-0.1, -0.05) is 18.3 Å². The highest BCUT2D eigenvalue weighted by molar-refractivity contribution is 7.92. The summed E-state index contributed by atoms with van der Waals surface area (Å²) in [6.07, 6.45) is 2.28. The Hall–Kier alpha value is -3.47. The molecule has 1 aliphatic rings. The van der Waals surface area contributed by atoms with Crippen molar-refractivity contribution in [1.29, 1.82) is 0 Å². The number of hydrogen-bond acceptors (Lipinski definition) is 11. The summed E-state index contributed by atoms with van der Waals surface area (Å²) in [6, 6.07) is 4.20. The van der Waals surface area contributed by atoms with E-state index in [4.69, 9.17) is 9.47 Å². The number of hydrogen-bond donors (Lipinski definition) is 1. The molecule has 0 radical (unpaired) electrons. The van der Waals surface area contributed by atoms with Gasteiger partial charge in [-0.2, -0.15) is 4.99 Å². The van der Waals surface area contributed by atoms with Crippen LogP contribution in [0.15, 0.2) is 23.2 Å². The SMILES string of the molecule is CCOC(=O)c1c(NC(=O)CS(=O)(=O)CC(=O)N=c2sc3cc([N+](=O)[O-])ccc3n2CCOC)sc2c1CCC(C)C2. The Morgan fingerprint density at radius 1 is 1.24 bits per heavy atom. The molecule has 16 heteroatoms. The first-order valence-corrected chi connectivity index (χ1v) is 16.5. The highest BCUT2D eigenvalue weighted by Crippen LogP contribution is 2.40. The van der Waals surface area contributed by atoms with Crippen LogP contribution in [0.1, 0.15) is 41.1 Å². The summed E-state index contributed by atoms with van der Waals surface area (Å²) >= 11 is 2.23. The second-order valence-electron chi connectivity index (χ2n) is 9.80. The highest BCUT2D eigenvalue weighted by Gasteiger charge is 2.30. The maximum absolute atomic E-state index is 12.8. The van der Waals surface area contributed by atoms with E-state index in [2.05, 4.69) is 17.2 Å². The van der Waals surface area contributed by atoms with E-state index in [1.54, 1.807) is 11.5 Å². The number of rotatable bonds is 11. The number of non-ortho nitro benzene ring substituents is 1. The summed E-state index contributed by atoms with van der Waals surface area (Å²) in [5.41, 5.74) is 1.51. The topological polar surface area (TPSA) is 176 Å². The lowest BCUT2D eigenvalue weighted by Crippen LogP contribution is -2.28. The van der Waals surface area contributed by atoms with Crippen molar-refractivity contribution in [1.82, 2.24) is 4.57 Å². The molecule has 0 fully saturated rings. The Bertz CT molecular complexity index is 1720. The predicted molar refractivity (Wildman–Crippen MR) is 158 cm³/mol. The molecule has 0 bridgehead atoms. The molecule has 2 heterocycles. The highest BCUT2D eigenvalue weighted by atomic mass is 32.2. The van der Waals surface area contributed by atoms with Gasteiger partial charge in [0, 0.05) is 30.7 Å². The maximum atomic E-state index is 12.8. The number of methoxy groups -OCH3 is 1. The molecule has 0 spiro atoms. The van der Waals surface area contributed by atoms with E-state index in [1.807, 2.05) is 0 Å². The van der Waals surface area contributed by atoms with Crippen molar-refractivity contribution in [3.8, 4) is 0 Å². The van der Waals surface area contributed by atoms with Gasteiger partial charge in [-0.3, -0.25) is 19.7 Å². The van der Waals surface area contributed by atoms with Crippen molar-refractivity contribution >= 4 is 71.2 Å². The number of ether oxygens (including phenoxy) is 2. The number of nitro benzene ring substituents is 1. The molecule has 1 aromatic carbocycles. The van der Waals surface area contributed by atoms with E-state index in [0.29, 0.717) is 22.6 Å². The number of sulfone groups is 1. The fourth-order valence-corrected chi connectivity index (χ4v) is 8.19. The molecule has 0 saturated heterocycles. The lowest BCUT2D eigenvalue weighted by molar-refractivity contribution is -0.384. The van der Waals surface area contributed by atoms with Crippen molar-refractivity contribution in [2.45, 2.75) is 39.7 Å². The molecule has 0 saturated carbocycles. The summed E-state index contributed by atoms with van der Waals surface area (Å²) < 4.78 is 38.0. The Labute approximate surface area is 249 Å². The Morgan fingerprint density at radius 2 is 2.00 bits per heavy atom. The van der Waals surface area contributed by atoms with Crippen molar-refractivity contribution < 1.29 is 37.2 Å². The quantitative estimate of drug-likeness (QED) is 0.188. The van der Waals surface area contributed by atoms with E-state index >= 15 is 0 Å². The monoisotopic (exact) mass is 638 g/mol. The number of esters is 1. The lowest BCUT2D eigenvalue weighted by atomic mass is 9.88. The van der Waals surface area contributed by atoms with Gasteiger partial charge in [0.05, 0.1) is 33.9 Å². The van der Waals surface area contributed by atoms with E-state index in [-0.39, 0.29) is 40.8 Å². The third kappa shape index (κ3) is 7.29. The zero-order chi connectivity index (χ0) is 30.6. The molecule has 1 aliphatic carbocycles. The van der Waals surface area contributed by atoms with Crippen LogP contribution in [-0.4, -0.2) is 67.5 Å². The van der Waals surface area contributed by atoms with Crippen LogP contribution in [0.4, 0.5) is 10.7 Å². The molecular formula is C26H30N4O9S3. The Balaban J connectivity index is 1.53. The van der Waals surface area contributed by atoms with Gasteiger partial charge in [0.1, 0.15) is 16.5 Å². The van der Waals surface area contributed by atoms with Crippen LogP contribution in [0, 0.1) is 16.0 Å². The number of carbonyl (C=O) groups is 3. The average molecular weight is 639 g/mol. The minimum absolute atomic E-state index is 0.138. The van der Waals surface area contributed by atoms with E-state index in [1.165, 1.54) is 36.6 Å². The van der Waals surface area contributed by atoms with Gasteiger partial charge in [0.25, 0.3) is 11.6 Å². The minimum atomic E-state index is -4.24. The molecule has 0 aliphatic heterocycles. The zero-order valence-electron chi connectivity index (χ0n) is 23.2. The molecule has 226 valence electrons. The van der Waals surface area contributed by atoms with E-state index in [0.717, 1.165) is 34.6 Å². The number of fused-ring (bicyclic) bond motifs is 2. The van der Waals surface area contributed by atoms with Crippen molar-refractivity contribution in [3.63, 3.8) is 0 Å². The van der Waals surface area contributed by atoms with Gasteiger partial charge in [-0.15, -0.1) is 11.3 Å². The molecule has 2 aromatic heterocycles. The Morgan fingerprint density at radius 3 is 2.69 bits per heavy atom. The third-order valence-electron chi connectivity index (χ3n) is 6.56. The average Bonchev–Trinajstić information content (AvgIpc) is 3.42. The van der Waals surface area contributed by atoms with Crippen molar-refractivity contribution in [2.75, 3.05) is 37.1 Å². The Kier molecular flexibility index (Phi) is 9.91. The third-order valence-corrected chi connectivity index (χ3v) is 10.2. The number of nitrogens with zero attached hydrogens (tertiary/aromatic N) is 3. The fourth-order valence-electron chi connectivity index (χ4n) is 4.66. The first-order chi connectivity index (χ1) is 19.9. The second kappa shape index (κ2) is 13.2. The molecule has 1 atom stereocenters. The summed E-state index contributed by atoms with van der Waals surface area (Å²) in [4.78, 5) is 53.9. The molecule has 1 N–H and O–H groups in total. The molecule has 2 amide bonds. The molecular weight excluding hydrogens is 609 g/mol. The lowest BCUT2D eigenvalue weighted by Gasteiger charge is -2.18. The van der Waals surface area contributed by atoms with Crippen LogP contribution in [-0.2, 0) is 48.3 Å². The number of aromatic nitrogens is 1. The van der Waals surface area contributed by atoms with Crippen LogP contribution < -0.4 is 10.1 Å². The van der Waals surface area contributed by atoms with E-state index < -0.39 is 44.0 Å². The largest absolute Gasteiger partial charge is 0.462 e.